The summed E-state index contributed by atoms with van der Waals surface area (Å²) >= 11 is 0. The van der Waals surface area contributed by atoms with Gasteiger partial charge in [0.05, 0.1) is 6.20 Å². The summed E-state index contributed by atoms with van der Waals surface area (Å²) < 4.78 is 1.89. The van der Waals surface area contributed by atoms with Gasteiger partial charge in [-0.05, 0) is 38.5 Å². The second-order valence-electron chi connectivity index (χ2n) is 3.91. The Kier molecular flexibility index (Phi) is 4.44. The summed E-state index contributed by atoms with van der Waals surface area (Å²) in [5.74, 6) is 0. The van der Waals surface area contributed by atoms with Crippen molar-refractivity contribution in [3.05, 3.63) is 35.4 Å². The molecule has 0 unspecified atom stereocenters. The van der Waals surface area contributed by atoms with E-state index in [1.165, 1.54) is 16.8 Å². The van der Waals surface area contributed by atoms with E-state index < -0.39 is 0 Å². The highest BCUT2D eigenvalue weighted by atomic mass is 15.3. The van der Waals surface area contributed by atoms with Gasteiger partial charge < -0.3 is 0 Å². The Morgan fingerprint density at radius 3 is 1.94 bits per heavy atom. The fraction of sp³-hybridized carbons (Fsp3) is 0.429. The molecule has 0 atom stereocenters. The first kappa shape index (κ1) is 13.4. The predicted molar refractivity (Wildman–Crippen MR) is 72.0 cm³/mol. The molecule has 0 bridgehead atoms. The van der Waals surface area contributed by atoms with Crippen molar-refractivity contribution in [3.63, 3.8) is 0 Å². The largest absolute Gasteiger partial charge is 0.272 e. The number of rotatable bonds is 1. The Morgan fingerprint density at radius 1 is 1.00 bits per heavy atom. The van der Waals surface area contributed by atoms with Crippen LogP contribution in [0.2, 0.25) is 0 Å². The molecule has 0 spiro atoms. The Morgan fingerprint density at radius 2 is 1.53 bits per heavy atom. The monoisotopic (exact) mass is 231 g/mol. The van der Waals surface area contributed by atoms with Crippen LogP contribution in [-0.4, -0.2) is 14.8 Å². The van der Waals surface area contributed by atoms with E-state index in [9.17, 15) is 0 Å². The molecule has 3 nitrogen and oxygen atoms in total. The van der Waals surface area contributed by atoms with E-state index in [2.05, 4.69) is 29.1 Å². The van der Waals surface area contributed by atoms with E-state index in [-0.39, 0.29) is 0 Å². The Hall–Kier alpha value is -1.64. The van der Waals surface area contributed by atoms with Gasteiger partial charge in [0, 0.05) is 29.7 Å². The zero-order chi connectivity index (χ0) is 13.0. The summed E-state index contributed by atoms with van der Waals surface area (Å²) in [5, 5.41) is 4.25. The van der Waals surface area contributed by atoms with Gasteiger partial charge >= 0.3 is 0 Å². The van der Waals surface area contributed by atoms with Gasteiger partial charge in [-0.15, -0.1) is 0 Å². The van der Waals surface area contributed by atoms with Crippen molar-refractivity contribution in [1.82, 2.24) is 14.8 Å². The lowest BCUT2D eigenvalue weighted by Gasteiger charge is -2.03. The Bertz CT molecular complexity index is 478. The molecule has 0 radical (unpaired) electrons. The van der Waals surface area contributed by atoms with Crippen LogP contribution in [0.3, 0.4) is 0 Å². The van der Waals surface area contributed by atoms with E-state index in [1.54, 1.807) is 0 Å². The molecular weight excluding hydrogens is 210 g/mol. The van der Waals surface area contributed by atoms with Gasteiger partial charge in [0.2, 0.25) is 0 Å². The van der Waals surface area contributed by atoms with Gasteiger partial charge in [-0.25, -0.2) is 0 Å². The van der Waals surface area contributed by atoms with Crippen molar-refractivity contribution in [2.24, 2.45) is 7.05 Å². The van der Waals surface area contributed by atoms with E-state index >= 15 is 0 Å². The third kappa shape index (κ3) is 2.93. The van der Waals surface area contributed by atoms with Gasteiger partial charge in [-0.2, -0.15) is 5.10 Å². The molecule has 2 rings (SSSR count). The molecule has 0 aliphatic carbocycles. The minimum Gasteiger partial charge on any atom is -0.272 e. The molecule has 2 heterocycles. The molecule has 92 valence electrons. The number of hydrogen-bond acceptors (Lipinski definition) is 2. The summed E-state index contributed by atoms with van der Waals surface area (Å²) in [5.41, 5.74) is 5.67. The van der Waals surface area contributed by atoms with E-state index in [4.69, 9.17) is 0 Å². The highest BCUT2D eigenvalue weighted by Crippen LogP contribution is 2.23. The highest BCUT2D eigenvalue weighted by Gasteiger charge is 2.07. The molecule has 0 amide bonds. The van der Waals surface area contributed by atoms with Crippen LogP contribution < -0.4 is 0 Å². The summed E-state index contributed by atoms with van der Waals surface area (Å²) in [6.07, 6.45) is 1.91. The summed E-state index contributed by atoms with van der Waals surface area (Å²) in [4.78, 5) is 4.37. The molecule has 0 saturated carbocycles. The number of hydrogen-bond donors (Lipinski definition) is 0. The number of aryl methyl sites for hydroxylation is 3. The third-order valence-corrected chi connectivity index (χ3v) is 2.63. The summed E-state index contributed by atoms with van der Waals surface area (Å²) in [6.45, 7) is 10.1. The van der Waals surface area contributed by atoms with Gasteiger partial charge in [0.1, 0.15) is 0 Å². The average Bonchev–Trinajstić information content (AvgIpc) is 2.61. The Labute approximate surface area is 104 Å². The van der Waals surface area contributed by atoms with Crippen LogP contribution in [0.1, 0.15) is 30.9 Å². The van der Waals surface area contributed by atoms with Crippen molar-refractivity contribution in [2.75, 3.05) is 0 Å². The van der Waals surface area contributed by atoms with Crippen LogP contribution >= 0.6 is 0 Å². The first-order valence-electron chi connectivity index (χ1n) is 6.02. The second kappa shape index (κ2) is 5.62. The minimum atomic E-state index is 1.05. The van der Waals surface area contributed by atoms with Crippen LogP contribution in [-0.2, 0) is 7.05 Å². The van der Waals surface area contributed by atoms with Crippen LogP contribution in [0.25, 0.3) is 11.1 Å². The predicted octanol–water partition coefficient (Wildman–Crippen LogP) is 3.43. The highest BCUT2D eigenvalue weighted by molar-refractivity contribution is 5.65. The van der Waals surface area contributed by atoms with Crippen molar-refractivity contribution >= 4 is 0 Å². The van der Waals surface area contributed by atoms with Crippen molar-refractivity contribution in [1.29, 1.82) is 0 Å². The van der Waals surface area contributed by atoms with E-state index in [0.717, 1.165) is 11.4 Å². The maximum absolute atomic E-state index is 4.37. The molecule has 0 saturated heterocycles. The average molecular weight is 231 g/mol. The summed E-state index contributed by atoms with van der Waals surface area (Å²) in [7, 11) is 1.96. The molecule has 0 fully saturated rings. The van der Waals surface area contributed by atoms with Gasteiger partial charge in [0.25, 0.3) is 0 Å². The molecule has 2 aromatic rings. The Balaban J connectivity index is 0.000000686. The quantitative estimate of drug-likeness (QED) is 0.752. The van der Waals surface area contributed by atoms with Crippen molar-refractivity contribution < 1.29 is 0 Å². The van der Waals surface area contributed by atoms with Crippen LogP contribution in [0.4, 0.5) is 0 Å². The van der Waals surface area contributed by atoms with Gasteiger partial charge in [-0.1, -0.05) is 13.8 Å². The topological polar surface area (TPSA) is 30.7 Å². The maximum Gasteiger partial charge on any atom is 0.0571 e. The second-order valence-corrected chi connectivity index (χ2v) is 3.91. The summed E-state index contributed by atoms with van der Waals surface area (Å²) in [6, 6.07) is 4.19. The third-order valence-electron chi connectivity index (χ3n) is 2.63. The van der Waals surface area contributed by atoms with Gasteiger partial charge in [0.15, 0.2) is 0 Å². The van der Waals surface area contributed by atoms with Gasteiger partial charge in [-0.3, -0.25) is 9.67 Å². The van der Waals surface area contributed by atoms with Crippen molar-refractivity contribution in [2.45, 2.75) is 34.6 Å². The number of aromatic nitrogens is 3. The lowest BCUT2D eigenvalue weighted by molar-refractivity contribution is 0.740. The molecule has 0 aromatic carbocycles. The van der Waals surface area contributed by atoms with E-state index in [1.807, 2.05) is 45.6 Å². The minimum absolute atomic E-state index is 1.05. The fourth-order valence-corrected chi connectivity index (χ4v) is 1.77. The molecule has 3 heteroatoms. The zero-order valence-electron chi connectivity index (χ0n) is 11.6. The van der Waals surface area contributed by atoms with Crippen LogP contribution in [0.5, 0.6) is 0 Å². The lowest BCUT2D eigenvalue weighted by Crippen LogP contribution is -1.93. The normalized spacial score (nSPS) is 9.76. The molecule has 0 N–H and O–H groups in total. The molecule has 0 aliphatic rings. The van der Waals surface area contributed by atoms with E-state index in [0.29, 0.717) is 0 Å². The fourth-order valence-electron chi connectivity index (χ4n) is 1.77. The first-order chi connectivity index (χ1) is 8.08. The number of nitrogens with zero attached hydrogens (tertiary/aromatic N) is 3. The van der Waals surface area contributed by atoms with Crippen LogP contribution in [0.15, 0.2) is 18.3 Å². The zero-order valence-corrected chi connectivity index (χ0v) is 11.6. The van der Waals surface area contributed by atoms with Crippen LogP contribution in [0, 0.1) is 20.8 Å². The molecule has 2 aromatic heterocycles. The first-order valence-corrected chi connectivity index (χ1v) is 6.02. The lowest BCUT2D eigenvalue weighted by atomic mass is 10.1. The molecule has 0 aliphatic heterocycles. The maximum atomic E-state index is 4.37. The smallest absolute Gasteiger partial charge is 0.0571 e. The SMILES string of the molecule is CC.Cc1cc(-c2cnn(C)c2C)cc(C)n1. The standard InChI is InChI=1S/C12H15N3.C2H6/c1-8-5-11(6-9(2)14-8)12-7-13-15(4)10(12)3;1-2/h5-7H,1-4H3;1-2H3. The molecular formula is C14H21N3. The number of pyridine rings is 1. The van der Waals surface area contributed by atoms with Crippen molar-refractivity contribution in [3.8, 4) is 11.1 Å². The molecule has 17 heavy (non-hydrogen) atoms.